The summed E-state index contributed by atoms with van der Waals surface area (Å²) in [5.41, 5.74) is 3.82. The Bertz CT molecular complexity index is 1710. The van der Waals surface area contributed by atoms with Crippen molar-refractivity contribution < 1.29 is 28.6 Å². The van der Waals surface area contributed by atoms with E-state index in [-0.39, 0.29) is 30.4 Å². The molecule has 4 heterocycles. The van der Waals surface area contributed by atoms with Crippen LogP contribution in [0.5, 0.6) is 17.2 Å². The van der Waals surface area contributed by atoms with E-state index in [1.54, 1.807) is 30.3 Å². The summed E-state index contributed by atoms with van der Waals surface area (Å²) in [5, 5.41) is 6.02. The van der Waals surface area contributed by atoms with E-state index in [4.69, 9.17) is 14.2 Å². The number of pyridine rings is 1. The van der Waals surface area contributed by atoms with Crippen LogP contribution in [0.15, 0.2) is 91.3 Å². The molecule has 3 aliphatic rings. The summed E-state index contributed by atoms with van der Waals surface area (Å²) in [7, 11) is 1.62. The molecular weight excluding hydrogens is 584 g/mol. The molecule has 236 valence electrons. The van der Waals surface area contributed by atoms with E-state index >= 15 is 0 Å². The molecule has 3 aromatic carbocycles. The van der Waals surface area contributed by atoms with Crippen LogP contribution >= 0.6 is 0 Å². The van der Waals surface area contributed by atoms with E-state index in [2.05, 4.69) is 15.6 Å². The molecular formula is C36H36N4O6. The lowest BCUT2D eigenvalue weighted by Gasteiger charge is -2.39. The zero-order valence-corrected chi connectivity index (χ0v) is 25.6. The largest absolute Gasteiger partial charge is 0.497 e. The molecule has 0 aliphatic carbocycles. The second kappa shape index (κ2) is 14.2. The SMILES string of the molecule is COc1cccc(CCC(=O)N2CC[C@@H]3Oc4ccc(cc4)CNC(=O)COc4cccc(c4)-c4cncc(c4)C(=O)N[C@@H]3C2)c1. The van der Waals surface area contributed by atoms with E-state index in [1.165, 1.54) is 6.20 Å². The van der Waals surface area contributed by atoms with E-state index in [0.29, 0.717) is 56.0 Å². The van der Waals surface area contributed by atoms with Crippen molar-refractivity contribution in [3.8, 4) is 28.4 Å². The van der Waals surface area contributed by atoms with E-state index in [1.807, 2.05) is 66.7 Å². The van der Waals surface area contributed by atoms with Gasteiger partial charge in [0.1, 0.15) is 23.4 Å². The van der Waals surface area contributed by atoms with Gasteiger partial charge in [0.25, 0.3) is 11.8 Å². The molecule has 3 amide bonds. The normalized spacial score (nSPS) is 18.2. The number of piperidine rings is 1. The number of ether oxygens (including phenoxy) is 3. The zero-order chi connectivity index (χ0) is 31.9. The minimum Gasteiger partial charge on any atom is -0.497 e. The molecule has 1 aromatic heterocycles. The zero-order valence-electron chi connectivity index (χ0n) is 25.6. The highest BCUT2D eigenvalue weighted by atomic mass is 16.5. The Morgan fingerprint density at radius 3 is 2.63 bits per heavy atom. The third kappa shape index (κ3) is 7.63. The second-order valence-electron chi connectivity index (χ2n) is 11.4. The summed E-state index contributed by atoms with van der Waals surface area (Å²) in [4.78, 5) is 45.6. The second-order valence-corrected chi connectivity index (χ2v) is 11.4. The summed E-state index contributed by atoms with van der Waals surface area (Å²) >= 11 is 0. The predicted molar refractivity (Wildman–Crippen MR) is 172 cm³/mol. The molecule has 7 rings (SSSR count). The lowest BCUT2D eigenvalue weighted by Crippen LogP contribution is -2.58. The molecule has 2 N–H and O–H groups in total. The van der Waals surface area contributed by atoms with E-state index in [9.17, 15) is 14.4 Å². The van der Waals surface area contributed by atoms with Crippen LogP contribution in [0.4, 0.5) is 0 Å². The first-order valence-electron chi connectivity index (χ1n) is 15.4. The lowest BCUT2D eigenvalue weighted by atomic mass is 9.99. The Labute approximate surface area is 267 Å². The molecule has 10 heteroatoms. The third-order valence-electron chi connectivity index (χ3n) is 8.22. The van der Waals surface area contributed by atoms with Gasteiger partial charge in [-0.05, 0) is 65.6 Å². The number of carbonyl (C=O) groups excluding carboxylic acids is 3. The highest BCUT2D eigenvalue weighted by Gasteiger charge is 2.34. The van der Waals surface area contributed by atoms with Gasteiger partial charge >= 0.3 is 0 Å². The number of nitrogens with one attached hydrogen (secondary N) is 2. The molecule has 1 saturated heterocycles. The van der Waals surface area contributed by atoms with Crippen LogP contribution < -0.4 is 24.8 Å². The molecule has 3 aliphatic heterocycles. The van der Waals surface area contributed by atoms with Gasteiger partial charge in [0.05, 0.1) is 18.7 Å². The summed E-state index contributed by atoms with van der Waals surface area (Å²) < 4.78 is 17.5. The first-order valence-corrected chi connectivity index (χ1v) is 15.4. The lowest BCUT2D eigenvalue weighted by molar-refractivity contribution is -0.133. The van der Waals surface area contributed by atoms with Gasteiger partial charge in [0, 0.05) is 50.4 Å². The molecule has 0 radical (unpaired) electrons. The number of methoxy groups -OCH3 is 1. The van der Waals surface area contributed by atoms with Crippen LogP contribution in [-0.2, 0) is 22.6 Å². The highest BCUT2D eigenvalue weighted by molar-refractivity contribution is 5.95. The van der Waals surface area contributed by atoms with Crippen LogP contribution in [-0.4, -0.2) is 66.6 Å². The van der Waals surface area contributed by atoms with Gasteiger partial charge in [-0.25, -0.2) is 0 Å². The summed E-state index contributed by atoms with van der Waals surface area (Å²) in [6.45, 7) is 1.03. The number of rotatable bonds is 4. The van der Waals surface area contributed by atoms with Crippen LogP contribution in [0.1, 0.15) is 34.3 Å². The Balaban J connectivity index is 1.24. The van der Waals surface area contributed by atoms with Crippen molar-refractivity contribution in [3.63, 3.8) is 0 Å². The van der Waals surface area contributed by atoms with Crippen LogP contribution in [0.2, 0.25) is 0 Å². The first kappa shape index (κ1) is 30.6. The molecule has 0 saturated carbocycles. The van der Waals surface area contributed by atoms with E-state index < -0.39 is 6.04 Å². The molecule has 1 fully saturated rings. The fourth-order valence-electron chi connectivity index (χ4n) is 5.67. The van der Waals surface area contributed by atoms with Gasteiger partial charge in [0.15, 0.2) is 6.61 Å². The topological polar surface area (TPSA) is 119 Å². The number of fused-ring (bicyclic) bond motifs is 7. The fourth-order valence-corrected chi connectivity index (χ4v) is 5.67. The maximum absolute atomic E-state index is 13.6. The maximum Gasteiger partial charge on any atom is 0.258 e. The monoisotopic (exact) mass is 620 g/mol. The molecule has 0 unspecified atom stereocenters. The number of benzene rings is 3. The van der Waals surface area contributed by atoms with Gasteiger partial charge in [-0.1, -0.05) is 36.4 Å². The minimum atomic E-state index is -0.466. The Morgan fingerprint density at radius 2 is 1.78 bits per heavy atom. The number of aryl methyl sites for hydroxylation is 1. The number of hydrogen-bond donors (Lipinski definition) is 2. The smallest absolute Gasteiger partial charge is 0.258 e. The molecule has 0 spiro atoms. The number of amides is 3. The molecule has 46 heavy (non-hydrogen) atoms. The van der Waals surface area contributed by atoms with Gasteiger partial charge in [0.2, 0.25) is 5.91 Å². The van der Waals surface area contributed by atoms with Crippen LogP contribution in [0.3, 0.4) is 0 Å². The van der Waals surface area contributed by atoms with Crippen molar-refractivity contribution in [2.75, 3.05) is 26.8 Å². The number of carbonyl (C=O) groups is 3. The minimum absolute atomic E-state index is 0.0131. The fraction of sp³-hybridized carbons (Fsp3) is 0.278. The van der Waals surface area contributed by atoms with Gasteiger partial charge in [-0.2, -0.15) is 0 Å². The Hall–Kier alpha value is -5.38. The average Bonchev–Trinajstić information content (AvgIpc) is 3.10. The van der Waals surface area contributed by atoms with Gasteiger partial charge in [-0.3, -0.25) is 19.4 Å². The maximum atomic E-state index is 13.6. The summed E-state index contributed by atoms with van der Waals surface area (Å²) in [6, 6.07) is 23.8. The molecule has 6 bridgehead atoms. The van der Waals surface area contributed by atoms with Crippen molar-refractivity contribution in [2.45, 2.75) is 38.0 Å². The Morgan fingerprint density at radius 1 is 0.957 bits per heavy atom. The van der Waals surface area contributed by atoms with Crippen molar-refractivity contribution in [1.29, 1.82) is 0 Å². The number of nitrogens with zero attached hydrogens (tertiary/aromatic N) is 2. The molecule has 4 aromatic rings. The van der Waals surface area contributed by atoms with Crippen molar-refractivity contribution in [3.05, 3.63) is 108 Å². The summed E-state index contributed by atoms with van der Waals surface area (Å²) in [6.07, 6.45) is 4.29. The van der Waals surface area contributed by atoms with Gasteiger partial charge in [-0.15, -0.1) is 0 Å². The summed E-state index contributed by atoms with van der Waals surface area (Å²) in [5.74, 6) is 1.38. The van der Waals surface area contributed by atoms with Crippen LogP contribution in [0.25, 0.3) is 11.1 Å². The number of hydrogen-bond acceptors (Lipinski definition) is 7. The van der Waals surface area contributed by atoms with Crippen LogP contribution in [0, 0.1) is 0 Å². The third-order valence-corrected chi connectivity index (χ3v) is 8.22. The Kier molecular flexibility index (Phi) is 9.43. The van der Waals surface area contributed by atoms with Gasteiger partial charge < -0.3 is 29.7 Å². The van der Waals surface area contributed by atoms with E-state index in [0.717, 1.165) is 28.0 Å². The molecule has 10 nitrogen and oxygen atoms in total. The number of likely N-dealkylation sites (tertiary alicyclic amines) is 1. The quantitative estimate of drug-likeness (QED) is 0.352. The predicted octanol–water partition coefficient (Wildman–Crippen LogP) is 4.18. The standard InChI is InChI=1S/C36H36N4O6/c1-44-30-6-2-4-24(16-30)10-13-35(42)40-15-14-33-32(22-40)39-36(43)28-17-27(20-37-21-28)26-5-3-7-31(18-26)45-23-34(41)38-19-25-8-11-29(46-33)12-9-25/h2-9,11-12,16-18,20-21,32-33H,10,13-15,19,22-23H2,1H3,(H,38,41)(H,39,43)/t32-,33+/m1/s1. The number of aromatic nitrogens is 1. The average molecular weight is 621 g/mol. The molecule has 2 atom stereocenters. The highest BCUT2D eigenvalue weighted by Crippen LogP contribution is 2.26. The first-order chi connectivity index (χ1) is 22.4. The van der Waals surface area contributed by atoms with Crippen molar-refractivity contribution in [2.24, 2.45) is 0 Å². The van der Waals surface area contributed by atoms with Crippen molar-refractivity contribution in [1.82, 2.24) is 20.5 Å². The van der Waals surface area contributed by atoms with Crippen molar-refractivity contribution >= 4 is 17.7 Å².